The van der Waals surface area contributed by atoms with Crippen LogP contribution in [0.2, 0.25) is 0 Å². The summed E-state index contributed by atoms with van der Waals surface area (Å²) < 4.78 is 19.1. The van der Waals surface area contributed by atoms with Crippen molar-refractivity contribution in [3.8, 4) is 0 Å². The second-order valence-electron chi connectivity index (χ2n) is 4.30. The van der Waals surface area contributed by atoms with Gasteiger partial charge in [-0.25, -0.2) is 4.39 Å². The Kier molecular flexibility index (Phi) is 1.88. The van der Waals surface area contributed by atoms with Crippen molar-refractivity contribution in [2.24, 2.45) is 5.73 Å². The van der Waals surface area contributed by atoms with E-state index >= 15 is 0 Å². The van der Waals surface area contributed by atoms with Crippen LogP contribution in [0.25, 0.3) is 0 Å². The average Bonchev–Trinajstić information content (AvgIpc) is 2.67. The number of halogens is 1. The minimum atomic E-state index is -1.02. The van der Waals surface area contributed by atoms with Gasteiger partial charge in [-0.05, 0) is 19.3 Å². The molecule has 0 aromatic rings. The van der Waals surface area contributed by atoms with Crippen LogP contribution in [-0.2, 0) is 4.74 Å². The highest BCUT2D eigenvalue weighted by Crippen LogP contribution is 2.44. The van der Waals surface area contributed by atoms with Gasteiger partial charge in [-0.2, -0.15) is 0 Å². The Morgan fingerprint density at radius 3 is 2.25 bits per heavy atom. The summed E-state index contributed by atoms with van der Waals surface area (Å²) in [6, 6.07) is 0. The van der Waals surface area contributed by atoms with E-state index in [1.54, 1.807) is 0 Å². The van der Waals surface area contributed by atoms with Crippen molar-refractivity contribution >= 4 is 0 Å². The molecule has 12 heavy (non-hydrogen) atoms. The number of nitrogens with two attached hydrogens (primary N) is 1. The smallest absolute Gasteiger partial charge is 0.117 e. The number of hydrogen-bond donors (Lipinski definition) is 1. The van der Waals surface area contributed by atoms with Crippen molar-refractivity contribution in [3.05, 3.63) is 0 Å². The lowest BCUT2D eigenvalue weighted by Gasteiger charge is -2.31. The van der Waals surface area contributed by atoms with Crippen molar-refractivity contribution in [3.63, 3.8) is 0 Å². The van der Waals surface area contributed by atoms with E-state index in [-0.39, 0.29) is 5.54 Å². The molecule has 0 aromatic heterocycles. The number of rotatable bonds is 2. The molecule has 0 unspecified atom stereocenters. The maximum absolute atomic E-state index is 13.9. The Hall–Kier alpha value is -0.150. The van der Waals surface area contributed by atoms with Crippen molar-refractivity contribution in [2.75, 3.05) is 13.2 Å². The van der Waals surface area contributed by atoms with Crippen LogP contribution in [0.4, 0.5) is 4.39 Å². The number of alkyl halides is 1. The molecule has 0 aromatic carbocycles. The molecule has 0 amide bonds. The minimum Gasteiger partial charge on any atom is -0.381 e. The largest absolute Gasteiger partial charge is 0.381 e. The predicted octanol–water partition coefficient (Wildman–Crippen LogP) is 1.39. The third-order valence-electron chi connectivity index (χ3n) is 2.95. The van der Waals surface area contributed by atoms with Gasteiger partial charge in [0.25, 0.3) is 0 Å². The Morgan fingerprint density at radius 1 is 1.17 bits per heavy atom. The summed E-state index contributed by atoms with van der Waals surface area (Å²) in [5.74, 6) is 0. The zero-order valence-corrected chi connectivity index (χ0v) is 7.31. The number of hydrogen-bond acceptors (Lipinski definition) is 2. The molecule has 3 heteroatoms. The van der Waals surface area contributed by atoms with E-state index in [0.717, 1.165) is 12.8 Å². The Balaban J connectivity index is 1.90. The standard InChI is InChI=1S/C9H16FNO/c10-8(3-5-12-6-4-8)7-9(11)1-2-9/h1-7,11H2. The molecule has 1 aliphatic heterocycles. The average molecular weight is 173 g/mol. The van der Waals surface area contributed by atoms with Crippen molar-refractivity contribution in [1.82, 2.24) is 0 Å². The maximum atomic E-state index is 13.9. The second kappa shape index (κ2) is 2.67. The van der Waals surface area contributed by atoms with E-state index in [1.165, 1.54) is 0 Å². The first kappa shape index (κ1) is 8.45. The summed E-state index contributed by atoms with van der Waals surface area (Å²) in [7, 11) is 0. The predicted molar refractivity (Wildman–Crippen MR) is 44.7 cm³/mol. The molecule has 2 nitrogen and oxygen atoms in total. The molecule has 1 saturated heterocycles. The first-order valence-electron chi connectivity index (χ1n) is 4.68. The minimum absolute atomic E-state index is 0.161. The second-order valence-corrected chi connectivity index (χ2v) is 4.30. The maximum Gasteiger partial charge on any atom is 0.117 e. The Bertz CT molecular complexity index is 173. The highest BCUT2D eigenvalue weighted by Gasteiger charge is 2.47. The summed E-state index contributed by atoms with van der Waals surface area (Å²) in [4.78, 5) is 0. The molecule has 2 N–H and O–H groups in total. The van der Waals surface area contributed by atoms with Crippen LogP contribution in [0.15, 0.2) is 0 Å². The molecule has 2 fully saturated rings. The lowest BCUT2D eigenvalue weighted by molar-refractivity contribution is -0.0177. The third kappa shape index (κ3) is 1.77. The van der Waals surface area contributed by atoms with E-state index in [4.69, 9.17) is 10.5 Å². The summed E-state index contributed by atoms with van der Waals surface area (Å²) in [6.07, 6.45) is 3.61. The van der Waals surface area contributed by atoms with Crippen LogP contribution in [-0.4, -0.2) is 24.4 Å². The SMILES string of the molecule is NC1(CC2(F)CCOCC2)CC1. The summed E-state index contributed by atoms with van der Waals surface area (Å²) in [6.45, 7) is 1.12. The van der Waals surface area contributed by atoms with Gasteiger partial charge in [0.1, 0.15) is 5.67 Å². The molecule has 1 aliphatic carbocycles. The molecular formula is C9H16FNO. The van der Waals surface area contributed by atoms with Gasteiger partial charge in [-0.15, -0.1) is 0 Å². The van der Waals surface area contributed by atoms with Gasteiger partial charge < -0.3 is 10.5 Å². The van der Waals surface area contributed by atoms with E-state index in [2.05, 4.69) is 0 Å². The molecule has 70 valence electrons. The normalized spacial score (nSPS) is 31.5. The molecule has 0 atom stereocenters. The molecule has 0 spiro atoms. The quantitative estimate of drug-likeness (QED) is 0.684. The lowest BCUT2D eigenvalue weighted by Crippen LogP contribution is -2.39. The Morgan fingerprint density at radius 2 is 1.75 bits per heavy atom. The fourth-order valence-corrected chi connectivity index (χ4v) is 1.88. The molecular weight excluding hydrogens is 157 g/mol. The molecule has 1 heterocycles. The number of ether oxygens (including phenoxy) is 1. The monoisotopic (exact) mass is 173 g/mol. The van der Waals surface area contributed by atoms with Crippen molar-refractivity contribution < 1.29 is 9.13 Å². The molecule has 2 rings (SSSR count). The van der Waals surface area contributed by atoms with Crippen LogP contribution in [0.5, 0.6) is 0 Å². The molecule has 1 saturated carbocycles. The van der Waals surface area contributed by atoms with Gasteiger partial charge in [0.15, 0.2) is 0 Å². The zero-order chi connectivity index (χ0) is 8.66. The topological polar surface area (TPSA) is 35.2 Å². The fourth-order valence-electron chi connectivity index (χ4n) is 1.88. The summed E-state index contributed by atoms with van der Waals surface area (Å²) >= 11 is 0. The van der Waals surface area contributed by atoms with E-state index < -0.39 is 5.67 Å². The Labute approximate surface area is 72.3 Å². The van der Waals surface area contributed by atoms with Crippen LogP contribution >= 0.6 is 0 Å². The van der Waals surface area contributed by atoms with Crippen molar-refractivity contribution in [1.29, 1.82) is 0 Å². The van der Waals surface area contributed by atoms with Crippen LogP contribution in [0.1, 0.15) is 32.1 Å². The van der Waals surface area contributed by atoms with E-state index in [1.807, 2.05) is 0 Å². The zero-order valence-electron chi connectivity index (χ0n) is 7.31. The fraction of sp³-hybridized carbons (Fsp3) is 1.00. The van der Waals surface area contributed by atoms with Gasteiger partial charge in [0, 0.05) is 31.6 Å². The van der Waals surface area contributed by atoms with E-state index in [0.29, 0.717) is 32.5 Å². The summed E-state index contributed by atoms with van der Waals surface area (Å²) in [5, 5.41) is 0. The van der Waals surface area contributed by atoms with Crippen LogP contribution in [0, 0.1) is 0 Å². The van der Waals surface area contributed by atoms with Crippen molar-refractivity contribution in [2.45, 2.75) is 43.3 Å². The molecule has 0 radical (unpaired) electrons. The van der Waals surface area contributed by atoms with Gasteiger partial charge >= 0.3 is 0 Å². The van der Waals surface area contributed by atoms with Gasteiger partial charge in [0.2, 0.25) is 0 Å². The lowest BCUT2D eigenvalue weighted by atomic mass is 9.88. The molecule has 2 aliphatic rings. The van der Waals surface area contributed by atoms with Gasteiger partial charge in [0.05, 0.1) is 0 Å². The first-order chi connectivity index (χ1) is 5.62. The van der Waals surface area contributed by atoms with Crippen LogP contribution < -0.4 is 5.73 Å². The highest BCUT2D eigenvalue weighted by molar-refractivity contribution is 5.04. The van der Waals surface area contributed by atoms with Gasteiger partial charge in [-0.3, -0.25) is 0 Å². The third-order valence-corrected chi connectivity index (χ3v) is 2.95. The van der Waals surface area contributed by atoms with Gasteiger partial charge in [-0.1, -0.05) is 0 Å². The highest BCUT2D eigenvalue weighted by atomic mass is 19.1. The first-order valence-corrected chi connectivity index (χ1v) is 4.68. The summed E-state index contributed by atoms with van der Waals surface area (Å²) in [5.41, 5.74) is 4.70. The molecule has 0 bridgehead atoms. The van der Waals surface area contributed by atoms with E-state index in [9.17, 15) is 4.39 Å². The van der Waals surface area contributed by atoms with Crippen LogP contribution in [0.3, 0.4) is 0 Å².